The number of hydrogen-bond acceptors (Lipinski definition) is 6. The van der Waals surface area contributed by atoms with Crippen molar-refractivity contribution < 1.29 is 8.29 Å². The van der Waals surface area contributed by atoms with Crippen LogP contribution in [0.2, 0.25) is 0 Å². The van der Waals surface area contributed by atoms with E-state index in [9.17, 15) is 0 Å². The fourth-order valence-electron chi connectivity index (χ4n) is 2.37. The van der Waals surface area contributed by atoms with Crippen LogP contribution in [0.3, 0.4) is 0 Å². The van der Waals surface area contributed by atoms with Crippen molar-refractivity contribution in [3.8, 4) is 0 Å². The first-order chi connectivity index (χ1) is 9.24. The van der Waals surface area contributed by atoms with Crippen molar-refractivity contribution in [2.75, 3.05) is 26.2 Å². The predicted molar refractivity (Wildman–Crippen MR) is 84.0 cm³/mol. The van der Waals surface area contributed by atoms with Gasteiger partial charge in [-0.15, -0.1) is 0 Å². The van der Waals surface area contributed by atoms with Gasteiger partial charge in [-0.05, 0) is 27.7 Å². The Labute approximate surface area is 131 Å². The summed E-state index contributed by atoms with van der Waals surface area (Å²) < 4.78 is 2.68. The molecule has 0 aromatic heterocycles. The highest BCUT2D eigenvalue weighted by atomic mass is 32.1. The molecular formula is C12H22N6S2. The number of aliphatic imine (C=N–C) groups is 1. The zero-order valence-electron chi connectivity index (χ0n) is 12.4. The van der Waals surface area contributed by atoms with Crippen molar-refractivity contribution in [3.63, 3.8) is 0 Å². The molecule has 0 saturated carbocycles. The van der Waals surface area contributed by atoms with E-state index in [2.05, 4.69) is 20.5 Å². The highest BCUT2D eigenvalue weighted by molar-refractivity contribution is 7.52. The normalized spacial score (nSPS) is 24.4. The summed E-state index contributed by atoms with van der Waals surface area (Å²) >= 11 is 10.7. The van der Waals surface area contributed by atoms with Gasteiger partial charge in [0.1, 0.15) is 17.9 Å². The molecule has 2 aliphatic heterocycles. The van der Waals surface area contributed by atoms with E-state index in [4.69, 9.17) is 25.6 Å². The first kappa shape index (κ1) is 15.7. The lowest BCUT2D eigenvalue weighted by molar-refractivity contribution is -0.643. The molecule has 0 amide bonds. The fourth-order valence-corrected chi connectivity index (χ4v) is 3.31. The van der Waals surface area contributed by atoms with Gasteiger partial charge in [0, 0.05) is 6.54 Å². The predicted octanol–water partition coefficient (Wildman–Crippen LogP) is -0.769. The van der Waals surface area contributed by atoms with E-state index < -0.39 is 11.1 Å². The largest absolute Gasteiger partial charge is 0.484 e. The van der Waals surface area contributed by atoms with E-state index in [1.165, 1.54) is 0 Å². The van der Waals surface area contributed by atoms with Crippen molar-refractivity contribution in [1.82, 2.24) is 5.32 Å². The zero-order chi connectivity index (χ0) is 15.0. The summed E-state index contributed by atoms with van der Waals surface area (Å²) in [5, 5.41) is 12.3. The van der Waals surface area contributed by atoms with Gasteiger partial charge >= 0.3 is 5.84 Å². The number of nitrogens with one attached hydrogen (secondary N) is 2. The minimum absolute atomic E-state index is 0.444. The second-order valence-corrected chi connectivity index (χ2v) is 7.03. The fraction of sp³-hybridized carbons (Fsp3) is 0.833. The molecule has 0 aliphatic carbocycles. The molecule has 8 heteroatoms. The number of nitrogens with zero attached hydrogens (tertiary/aromatic N) is 4. The number of hydrogen-bond donors (Lipinski definition) is 2. The van der Waals surface area contributed by atoms with Crippen molar-refractivity contribution in [2.45, 2.75) is 38.8 Å². The van der Waals surface area contributed by atoms with Crippen LogP contribution in [0.1, 0.15) is 27.7 Å². The minimum Gasteiger partial charge on any atom is -0.484 e. The van der Waals surface area contributed by atoms with Crippen LogP contribution in [0.5, 0.6) is 0 Å². The number of amidine groups is 2. The SMILES string of the molecule is CC(C)(/N=N/C(C)(C)C1=[N+]([S-])CC[NH+]1[S-])C1=NCCN1. The van der Waals surface area contributed by atoms with Crippen LogP contribution in [-0.2, 0) is 25.6 Å². The summed E-state index contributed by atoms with van der Waals surface area (Å²) in [5.41, 5.74) is -0.938. The minimum atomic E-state index is -0.494. The number of rotatable bonds is 4. The maximum atomic E-state index is 5.40. The van der Waals surface area contributed by atoms with Crippen molar-refractivity contribution in [2.24, 2.45) is 15.2 Å². The molecule has 112 valence electrons. The molecule has 1 atom stereocenters. The van der Waals surface area contributed by atoms with E-state index in [0.29, 0.717) is 0 Å². The summed E-state index contributed by atoms with van der Waals surface area (Å²) in [5.74, 6) is 1.83. The molecule has 2 aliphatic rings. The van der Waals surface area contributed by atoms with Crippen LogP contribution in [0.25, 0.3) is 0 Å². The Morgan fingerprint density at radius 2 is 1.90 bits per heavy atom. The van der Waals surface area contributed by atoms with Crippen LogP contribution in [0, 0.1) is 0 Å². The van der Waals surface area contributed by atoms with Gasteiger partial charge in [-0.2, -0.15) is 10.2 Å². The van der Waals surface area contributed by atoms with Gasteiger partial charge in [-0.1, -0.05) is 0 Å². The molecule has 6 nitrogen and oxygen atoms in total. The molecule has 2 rings (SSSR count). The Hall–Kier alpha value is -0.730. The standard InChI is InChI=1S/C12H22N6S2/c1-11(2,9-13-5-6-14-9)15-16-12(3,4)10-17(19)7-8-18(10)20/h17H,5-8H2,1-4H3,(H,13,14)/b16-15+. The molecule has 0 saturated heterocycles. The summed E-state index contributed by atoms with van der Waals surface area (Å²) in [4.78, 5) is 4.42. The molecule has 0 fully saturated rings. The average Bonchev–Trinajstić information content (AvgIpc) is 2.98. The van der Waals surface area contributed by atoms with Gasteiger partial charge in [-0.25, -0.2) is 0 Å². The molecule has 0 radical (unpaired) electrons. The lowest BCUT2D eigenvalue weighted by atomic mass is 10.0. The van der Waals surface area contributed by atoms with Crippen LogP contribution in [0.4, 0.5) is 0 Å². The molecule has 20 heavy (non-hydrogen) atoms. The Morgan fingerprint density at radius 1 is 1.25 bits per heavy atom. The maximum absolute atomic E-state index is 5.40. The van der Waals surface area contributed by atoms with E-state index >= 15 is 0 Å². The molecule has 0 aromatic carbocycles. The van der Waals surface area contributed by atoms with E-state index in [1.807, 2.05) is 27.7 Å². The Bertz CT molecular complexity index is 480. The summed E-state index contributed by atoms with van der Waals surface area (Å²) in [7, 11) is 0. The number of azo groups is 1. The van der Waals surface area contributed by atoms with Crippen LogP contribution >= 0.6 is 0 Å². The monoisotopic (exact) mass is 314 g/mol. The number of quaternary nitrogens is 1. The van der Waals surface area contributed by atoms with Gasteiger partial charge in [0.2, 0.25) is 5.54 Å². The maximum Gasteiger partial charge on any atom is 0.333 e. The van der Waals surface area contributed by atoms with E-state index in [-0.39, 0.29) is 0 Å². The molecule has 0 spiro atoms. The lowest BCUT2D eigenvalue weighted by Crippen LogP contribution is -3.11. The zero-order valence-corrected chi connectivity index (χ0v) is 14.1. The van der Waals surface area contributed by atoms with E-state index in [1.54, 1.807) is 3.98 Å². The molecule has 1 unspecified atom stereocenters. The summed E-state index contributed by atoms with van der Waals surface area (Å²) in [6.45, 7) is 11.3. The van der Waals surface area contributed by atoms with Crippen LogP contribution in [-0.4, -0.2) is 52.9 Å². The third kappa shape index (κ3) is 3.12. The van der Waals surface area contributed by atoms with Gasteiger partial charge in [-0.3, -0.25) is 8.97 Å². The van der Waals surface area contributed by atoms with Gasteiger partial charge in [0.05, 0.1) is 6.54 Å². The Kier molecular flexibility index (Phi) is 4.36. The molecular weight excluding hydrogens is 292 g/mol. The molecule has 2 N–H and O–H groups in total. The molecule has 0 aromatic rings. The smallest absolute Gasteiger partial charge is 0.333 e. The molecule has 2 heterocycles. The second-order valence-electron chi connectivity index (χ2n) is 6.10. The average molecular weight is 314 g/mol. The summed E-state index contributed by atoms with van der Waals surface area (Å²) in [6.07, 6.45) is 0. The van der Waals surface area contributed by atoms with E-state index in [0.717, 1.165) is 42.2 Å². The van der Waals surface area contributed by atoms with Crippen LogP contribution < -0.4 is 9.62 Å². The Balaban J connectivity index is 2.19. The third-order valence-corrected chi connectivity index (χ3v) is 4.20. The van der Waals surface area contributed by atoms with Crippen molar-refractivity contribution in [3.05, 3.63) is 0 Å². The van der Waals surface area contributed by atoms with Gasteiger partial charge < -0.3 is 35.3 Å². The first-order valence-corrected chi connectivity index (χ1v) is 7.59. The third-order valence-electron chi connectivity index (χ3n) is 3.44. The first-order valence-electron chi connectivity index (χ1n) is 6.82. The van der Waals surface area contributed by atoms with Crippen molar-refractivity contribution >= 4 is 37.3 Å². The van der Waals surface area contributed by atoms with Crippen LogP contribution in [0.15, 0.2) is 15.2 Å². The molecule has 0 bridgehead atoms. The Morgan fingerprint density at radius 3 is 2.40 bits per heavy atom. The van der Waals surface area contributed by atoms with Gasteiger partial charge in [0.15, 0.2) is 6.54 Å². The van der Waals surface area contributed by atoms with Crippen molar-refractivity contribution in [1.29, 1.82) is 0 Å². The quantitative estimate of drug-likeness (QED) is 0.407. The highest BCUT2D eigenvalue weighted by Gasteiger charge is 2.41. The van der Waals surface area contributed by atoms with Gasteiger partial charge in [0.25, 0.3) is 0 Å². The highest BCUT2D eigenvalue weighted by Crippen LogP contribution is 2.18. The summed E-state index contributed by atoms with van der Waals surface area (Å²) in [6, 6.07) is 0. The topological polar surface area (TPSA) is 56.6 Å². The second kappa shape index (κ2) is 5.57. The lowest BCUT2D eigenvalue weighted by Gasteiger charge is -2.25.